The van der Waals surface area contributed by atoms with Crippen LogP contribution in [0.15, 0.2) is 0 Å². The van der Waals surface area contributed by atoms with Gasteiger partial charge in [0.1, 0.15) is 10.6 Å². The first kappa shape index (κ1) is 12.7. The van der Waals surface area contributed by atoms with Gasteiger partial charge >= 0.3 is 0 Å². The summed E-state index contributed by atoms with van der Waals surface area (Å²) >= 11 is 1.16. The molecule has 0 aromatic carbocycles. The van der Waals surface area contributed by atoms with Crippen LogP contribution in [-0.2, 0) is 0 Å². The summed E-state index contributed by atoms with van der Waals surface area (Å²) in [5, 5.41) is 9.47. The molecule has 6 nitrogen and oxygen atoms in total. The summed E-state index contributed by atoms with van der Waals surface area (Å²) < 4.78 is 3.93. The molecular formula is C9H16N4O2S. The Balaban J connectivity index is 2.96. The number of carbonyl (C=O) groups is 1. The van der Waals surface area contributed by atoms with Crippen LogP contribution in [0.5, 0.6) is 0 Å². The zero-order valence-corrected chi connectivity index (χ0v) is 9.96. The van der Waals surface area contributed by atoms with Crippen molar-refractivity contribution >= 4 is 28.3 Å². The number of carbonyl (C=O) groups excluding carboxylic acids is 1. The molecule has 1 aromatic rings. The van der Waals surface area contributed by atoms with Gasteiger partial charge in [0.15, 0.2) is 5.82 Å². The van der Waals surface area contributed by atoms with E-state index >= 15 is 0 Å². The third kappa shape index (κ3) is 2.61. The molecule has 7 heteroatoms. The number of primary amides is 1. The molecule has 5 N–H and O–H groups in total. The molecule has 1 aromatic heterocycles. The number of nitrogen functional groups attached to an aromatic ring is 1. The first-order valence-electron chi connectivity index (χ1n) is 5.02. The van der Waals surface area contributed by atoms with Crippen LogP contribution in [0.25, 0.3) is 0 Å². The van der Waals surface area contributed by atoms with Gasteiger partial charge in [-0.25, -0.2) is 0 Å². The van der Waals surface area contributed by atoms with E-state index in [1.807, 2.05) is 11.8 Å². The molecule has 0 bridgehead atoms. The van der Waals surface area contributed by atoms with Crippen LogP contribution in [0, 0.1) is 0 Å². The Hall–Kier alpha value is -1.34. The SMILES string of the molecule is CCN(CCCO)c1snc(N)c1C(N)=O. The topological polar surface area (TPSA) is 105 Å². The fraction of sp³-hybridized carbons (Fsp3) is 0.556. The van der Waals surface area contributed by atoms with Crippen LogP contribution in [0.1, 0.15) is 23.7 Å². The standard InChI is InChI=1S/C9H16N4O2S/c1-2-13(4-3-5-14)9-6(8(11)15)7(10)12-16-9/h14H,2-5H2,1H3,(H2,10,12)(H2,11,15). The van der Waals surface area contributed by atoms with Crippen molar-refractivity contribution in [1.82, 2.24) is 4.37 Å². The number of rotatable bonds is 6. The van der Waals surface area contributed by atoms with E-state index in [1.165, 1.54) is 0 Å². The van der Waals surface area contributed by atoms with Gasteiger partial charge in [-0.15, -0.1) is 0 Å². The number of anilines is 2. The molecule has 0 fully saturated rings. The maximum atomic E-state index is 11.2. The Kier molecular flexibility index (Phi) is 4.51. The van der Waals surface area contributed by atoms with Crippen molar-refractivity contribution in [3.05, 3.63) is 5.56 Å². The van der Waals surface area contributed by atoms with Crippen molar-refractivity contribution in [3.8, 4) is 0 Å². The minimum Gasteiger partial charge on any atom is -0.396 e. The van der Waals surface area contributed by atoms with Gasteiger partial charge in [0.25, 0.3) is 5.91 Å². The monoisotopic (exact) mass is 244 g/mol. The highest BCUT2D eigenvalue weighted by Gasteiger charge is 2.20. The second-order valence-corrected chi connectivity index (χ2v) is 4.02. The highest BCUT2D eigenvalue weighted by molar-refractivity contribution is 7.11. The summed E-state index contributed by atoms with van der Waals surface area (Å²) in [5.74, 6) is -0.390. The maximum Gasteiger partial charge on any atom is 0.255 e. The normalized spacial score (nSPS) is 10.4. The number of hydrogen-bond acceptors (Lipinski definition) is 6. The zero-order chi connectivity index (χ0) is 12.1. The molecular weight excluding hydrogens is 228 g/mol. The van der Waals surface area contributed by atoms with E-state index in [0.29, 0.717) is 24.5 Å². The molecule has 1 amide bonds. The van der Waals surface area contributed by atoms with Crippen molar-refractivity contribution in [3.63, 3.8) is 0 Å². The Morgan fingerprint density at radius 1 is 1.62 bits per heavy atom. The highest BCUT2D eigenvalue weighted by Crippen LogP contribution is 2.30. The largest absolute Gasteiger partial charge is 0.396 e. The molecule has 0 saturated heterocycles. The Morgan fingerprint density at radius 2 is 2.31 bits per heavy atom. The average Bonchev–Trinajstić information content (AvgIpc) is 2.62. The van der Waals surface area contributed by atoms with E-state index in [0.717, 1.165) is 11.5 Å². The third-order valence-electron chi connectivity index (χ3n) is 2.20. The predicted molar refractivity (Wildman–Crippen MR) is 64.6 cm³/mol. The lowest BCUT2D eigenvalue weighted by atomic mass is 10.2. The van der Waals surface area contributed by atoms with Gasteiger partial charge in [-0.05, 0) is 24.9 Å². The molecule has 16 heavy (non-hydrogen) atoms. The van der Waals surface area contributed by atoms with E-state index in [4.69, 9.17) is 16.6 Å². The number of aliphatic hydroxyl groups is 1. The van der Waals surface area contributed by atoms with Gasteiger partial charge < -0.3 is 21.5 Å². The van der Waals surface area contributed by atoms with Crippen LogP contribution in [0.2, 0.25) is 0 Å². The molecule has 1 heterocycles. The van der Waals surface area contributed by atoms with Crippen molar-refractivity contribution < 1.29 is 9.90 Å². The summed E-state index contributed by atoms with van der Waals surface area (Å²) in [5.41, 5.74) is 11.1. The van der Waals surface area contributed by atoms with Crippen molar-refractivity contribution in [2.24, 2.45) is 5.73 Å². The molecule has 90 valence electrons. The lowest BCUT2D eigenvalue weighted by molar-refractivity contribution is 0.100. The van der Waals surface area contributed by atoms with Crippen molar-refractivity contribution in [2.75, 3.05) is 30.3 Å². The number of aromatic nitrogens is 1. The molecule has 0 saturated carbocycles. The molecule has 0 radical (unpaired) electrons. The summed E-state index contributed by atoms with van der Waals surface area (Å²) in [6.07, 6.45) is 0.629. The second kappa shape index (κ2) is 5.66. The average molecular weight is 244 g/mol. The molecule has 1 rings (SSSR count). The van der Waals surface area contributed by atoms with Crippen LogP contribution >= 0.6 is 11.5 Å². The highest BCUT2D eigenvalue weighted by atomic mass is 32.1. The first-order valence-corrected chi connectivity index (χ1v) is 5.79. The Morgan fingerprint density at radius 3 is 2.81 bits per heavy atom. The van der Waals surface area contributed by atoms with Crippen LogP contribution in [0.4, 0.5) is 10.8 Å². The van der Waals surface area contributed by atoms with Gasteiger partial charge in [0.05, 0.1) is 0 Å². The summed E-state index contributed by atoms with van der Waals surface area (Å²) in [6, 6.07) is 0. The van der Waals surface area contributed by atoms with Gasteiger partial charge in [-0.3, -0.25) is 4.79 Å². The molecule has 0 aliphatic carbocycles. The van der Waals surface area contributed by atoms with Crippen LogP contribution in [-0.4, -0.2) is 35.1 Å². The molecule has 0 spiro atoms. The summed E-state index contributed by atoms with van der Waals surface area (Å²) in [7, 11) is 0. The Bertz CT molecular complexity index is 366. The van der Waals surface area contributed by atoms with E-state index in [1.54, 1.807) is 0 Å². The number of nitrogens with zero attached hydrogens (tertiary/aromatic N) is 2. The number of aliphatic hydroxyl groups excluding tert-OH is 1. The fourth-order valence-corrected chi connectivity index (χ4v) is 2.31. The predicted octanol–water partition coefficient (Wildman–Crippen LogP) is 0.0329. The third-order valence-corrected chi connectivity index (χ3v) is 3.13. The Labute approximate surface area is 98.0 Å². The molecule has 0 aliphatic heterocycles. The minimum atomic E-state index is -0.566. The number of amides is 1. The molecule has 0 unspecified atom stereocenters. The van der Waals surface area contributed by atoms with E-state index in [2.05, 4.69) is 4.37 Å². The van der Waals surface area contributed by atoms with Gasteiger partial charge in [0, 0.05) is 19.7 Å². The quantitative estimate of drug-likeness (QED) is 0.655. The molecule has 0 atom stereocenters. The fourth-order valence-electron chi connectivity index (χ4n) is 1.41. The van der Waals surface area contributed by atoms with Crippen molar-refractivity contribution in [1.29, 1.82) is 0 Å². The lowest BCUT2D eigenvalue weighted by Gasteiger charge is -2.21. The molecule has 0 aliphatic rings. The van der Waals surface area contributed by atoms with Crippen molar-refractivity contribution in [2.45, 2.75) is 13.3 Å². The number of nitrogens with two attached hydrogens (primary N) is 2. The maximum absolute atomic E-state index is 11.2. The summed E-state index contributed by atoms with van der Waals surface area (Å²) in [4.78, 5) is 13.2. The minimum absolute atomic E-state index is 0.108. The van der Waals surface area contributed by atoms with Gasteiger partial charge in [-0.1, -0.05) is 0 Å². The van der Waals surface area contributed by atoms with Gasteiger partial charge in [-0.2, -0.15) is 4.37 Å². The van der Waals surface area contributed by atoms with E-state index in [9.17, 15) is 4.79 Å². The zero-order valence-electron chi connectivity index (χ0n) is 9.14. The first-order chi connectivity index (χ1) is 7.61. The smallest absolute Gasteiger partial charge is 0.255 e. The van der Waals surface area contributed by atoms with Crippen LogP contribution < -0.4 is 16.4 Å². The van der Waals surface area contributed by atoms with E-state index in [-0.39, 0.29) is 18.0 Å². The summed E-state index contributed by atoms with van der Waals surface area (Å²) in [6.45, 7) is 3.42. The number of hydrogen-bond donors (Lipinski definition) is 3. The van der Waals surface area contributed by atoms with Gasteiger partial charge in [0.2, 0.25) is 0 Å². The van der Waals surface area contributed by atoms with Crippen LogP contribution in [0.3, 0.4) is 0 Å². The second-order valence-electron chi connectivity index (χ2n) is 3.27. The van der Waals surface area contributed by atoms with E-state index < -0.39 is 5.91 Å². The lowest BCUT2D eigenvalue weighted by Crippen LogP contribution is -2.26.